The van der Waals surface area contributed by atoms with Crippen molar-refractivity contribution >= 4 is 0 Å². The van der Waals surface area contributed by atoms with Crippen LogP contribution in [-0.2, 0) is 10.3 Å². The summed E-state index contributed by atoms with van der Waals surface area (Å²) < 4.78 is 11.8. The summed E-state index contributed by atoms with van der Waals surface area (Å²) in [6.07, 6.45) is 1.45. The summed E-state index contributed by atoms with van der Waals surface area (Å²) in [5.41, 5.74) is 2.52. The van der Waals surface area contributed by atoms with E-state index in [0.717, 1.165) is 25.3 Å². The van der Waals surface area contributed by atoms with Crippen molar-refractivity contribution in [1.29, 1.82) is 0 Å². The van der Waals surface area contributed by atoms with Crippen LogP contribution in [0.4, 0.5) is 0 Å². The predicted octanol–water partition coefficient (Wildman–Crippen LogP) is 2.75. The van der Waals surface area contributed by atoms with E-state index < -0.39 is 0 Å². The molecule has 1 aromatic carbocycles. The van der Waals surface area contributed by atoms with Crippen LogP contribution in [0, 0.1) is 0 Å². The van der Waals surface area contributed by atoms with E-state index in [4.69, 9.17) is 9.47 Å². The highest BCUT2D eigenvalue weighted by atomic mass is 16.5. The van der Waals surface area contributed by atoms with Crippen LogP contribution in [-0.4, -0.2) is 38.3 Å². The number of nitrogens with zero attached hydrogens (tertiary/aromatic N) is 1. The highest BCUT2D eigenvalue weighted by molar-refractivity contribution is 5.43. The highest BCUT2D eigenvalue weighted by Gasteiger charge is 2.42. The van der Waals surface area contributed by atoms with E-state index >= 15 is 0 Å². The molecule has 0 saturated carbocycles. The van der Waals surface area contributed by atoms with Crippen molar-refractivity contribution in [2.24, 2.45) is 0 Å². The summed E-state index contributed by atoms with van der Waals surface area (Å²) in [5, 5.41) is 0. The fraction of sp³-hybridized carbons (Fsp3) is 0.625. The number of benzene rings is 1. The van der Waals surface area contributed by atoms with E-state index in [2.05, 4.69) is 37.9 Å². The number of likely N-dealkylation sites (tertiary alicyclic amines) is 1. The topological polar surface area (TPSA) is 21.7 Å². The molecule has 0 aliphatic carbocycles. The van der Waals surface area contributed by atoms with E-state index in [1.54, 1.807) is 7.11 Å². The van der Waals surface area contributed by atoms with Crippen LogP contribution in [0.1, 0.15) is 37.3 Å². The molecule has 1 saturated heterocycles. The van der Waals surface area contributed by atoms with Crippen LogP contribution in [0.15, 0.2) is 18.2 Å². The van der Waals surface area contributed by atoms with E-state index in [9.17, 15) is 0 Å². The highest BCUT2D eigenvalue weighted by Crippen LogP contribution is 2.45. The van der Waals surface area contributed by atoms with E-state index in [1.807, 2.05) is 6.07 Å². The number of piperidine rings is 1. The van der Waals surface area contributed by atoms with Crippen LogP contribution < -0.4 is 4.74 Å². The van der Waals surface area contributed by atoms with Gasteiger partial charge < -0.3 is 14.4 Å². The average molecular weight is 261 g/mol. The van der Waals surface area contributed by atoms with E-state index in [1.165, 1.54) is 11.1 Å². The van der Waals surface area contributed by atoms with Gasteiger partial charge in [0.15, 0.2) is 0 Å². The fourth-order valence-electron chi connectivity index (χ4n) is 3.50. The molecule has 1 fully saturated rings. The molecule has 0 bridgehead atoms. The molecule has 3 rings (SSSR count). The third-order valence-corrected chi connectivity index (χ3v) is 4.51. The first-order chi connectivity index (χ1) is 9.01. The minimum absolute atomic E-state index is 0.196. The molecule has 2 aliphatic heterocycles. The Hall–Kier alpha value is -1.06. The lowest BCUT2D eigenvalue weighted by Gasteiger charge is -2.47. The third-order valence-electron chi connectivity index (χ3n) is 4.51. The van der Waals surface area contributed by atoms with Crippen molar-refractivity contribution in [3.63, 3.8) is 0 Å². The van der Waals surface area contributed by atoms with Crippen LogP contribution >= 0.6 is 0 Å². The van der Waals surface area contributed by atoms with Gasteiger partial charge in [0.05, 0.1) is 18.8 Å². The Kier molecular flexibility index (Phi) is 3.06. The monoisotopic (exact) mass is 261 g/mol. The molecule has 3 heteroatoms. The first-order valence-electron chi connectivity index (χ1n) is 7.06. The van der Waals surface area contributed by atoms with Gasteiger partial charge >= 0.3 is 0 Å². The normalized spacial score (nSPS) is 29.5. The molecular formula is C16H23NO2. The second kappa shape index (κ2) is 4.50. The second-order valence-corrected chi connectivity index (χ2v) is 6.28. The third kappa shape index (κ3) is 2.15. The molecule has 2 heterocycles. The van der Waals surface area contributed by atoms with Crippen LogP contribution in [0.2, 0.25) is 0 Å². The molecule has 3 nitrogen and oxygen atoms in total. The number of likely N-dealkylation sites (N-methyl/N-ethyl adjacent to an activating group) is 1. The van der Waals surface area contributed by atoms with Gasteiger partial charge in [-0.1, -0.05) is 6.07 Å². The molecule has 0 unspecified atom stereocenters. The lowest BCUT2D eigenvalue weighted by molar-refractivity contribution is -0.118. The number of hydrogen-bond donors (Lipinski definition) is 0. The Morgan fingerprint density at radius 2 is 2.16 bits per heavy atom. The van der Waals surface area contributed by atoms with Gasteiger partial charge in [-0.2, -0.15) is 0 Å². The van der Waals surface area contributed by atoms with E-state index in [-0.39, 0.29) is 5.60 Å². The predicted molar refractivity (Wildman–Crippen MR) is 75.7 cm³/mol. The first-order valence-corrected chi connectivity index (χ1v) is 7.06. The average Bonchev–Trinajstić information content (AvgIpc) is 2.39. The summed E-state index contributed by atoms with van der Waals surface area (Å²) in [6.45, 7) is 6.54. The van der Waals surface area contributed by atoms with Crippen molar-refractivity contribution in [2.75, 3.05) is 27.2 Å². The zero-order chi connectivity index (χ0) is 13.6. The summed E-state index contributed by atoms with van der Waals surface area (Å²) in [4.78, 5) is 2.39. The molecule has 19 heavy (non-hydrogen) atoms. The molecule has 0 amide bonds. The van der Waals surface area contributed by atoms with Crippen molar-refractivity contribution in [2.45, 2.75) is 37.9 Å². The zero-order valence-electron chi connectivity index (χ0n) is 12.3. The summed E-state index contributed by atoms with van der Waals surface area (Å²) in [5.74, 6) is 1.42. The molecule has 0 N–H and O–H groups in total. The maximum absolute atomic E-state index is 6.36. The first kappa shape index (κ1) is 12.9. The summed E-state index contributed by atoms with van der Waals surface area (Å²) in [6, 6.07) is 6.41. The molecular weight excluding hydrogens is 238 g/mol. The van der Waals surface area contributed by atoms with Crippen molar-refractivity contribution in [3.05, 3.63) is 29.3 Å². The molecule has 1 aromatic rings. The maximum Gasteiger partial charge on any atom is 0.119 e. The van der Waals surface area contributed by atoms with Crippen molar-refractivity contribution in [1.82, 2.24) is 4.90 Å². The SMILES string of the molecule is COc1ccc2c(c1)[C@H]1CN(C)CC[C@H]1OC2(C)C. The quantitative estimate of drug-likeness (QED) is 0.776. The fourth-order valence-corrected chi connectivity index (χ4v) is 3.50. The van der Waals surface area contributed by atoms with Crippen molar-refractivity contribution in [3.8, 4) is 5.75 Å². The smallest absolute Gasteiger partial charge is 0.119 e. The van der Waals surface area contributed by atoms with Gasteiger partial charge in [-0.05, 0) is 50.6 Å². The zero-order valence-corrected chi connectivity index (χ0v) is 12.3. The molecule has 104 valence electrons. The Morgan fingerprint density at radius 1 is 1.37 bits per heavy atom. The van der Waals surface area contributed by atoms with Gasteiger partial charge in [0.25, 0.3) is 0 Å². The minimum Gasteiger partial charge on any atom is -0.497 e. The van der Waals surface area contributed by atoms with Gasteiger partial charge in [0, 0.05) is 19.0 Å². The lowest BCUT2D eigenvalue weighted by atomic mass is 9.77. The largest absolute Gasteiger partial charge is 0.497 e. The number of hydrogen-bond acceptors (Lipinski definition) is 3. The Balaban J connectivity index is 2.08. The van der Waals surface area contributed by atoms with Crippen LogP contribution in [0.3, 0.4) is 0 Å². The van der Waals surface area contributed by atoms with Gasteiger partial charge in [-0.15, -0.1) is 0 Å². The number of ether oxygens (including phenoxy) is 2. The lowest BCUT2D eigenvalue weighted by Crippen LogP contribution is -2.47. The molecule has 0 radical (unpaired) electrons. The Bertz CT molecular complexity index is 484. The van der Waals surface area contributed by atoms with Gasteiger partial charge in [-0.25, -0.2) is 0 Å². The number of methoxy groups -OCH3 is 1. The summed E-state index contributed by atoms with van der Waals surface area (Å²) in [7, 11) is 3.92. The van der Waals surface area contributed by atoms with Gasteiger partial charge in [0.1, 0.15) is 5.75 Å². The van der Waals surface area contributed by atoms with Crippen LogP contribution in [0.5, 0.6) is 5.75 Å². The summed E-state index contributed by atoms with van der Waals surface area (Å²) >= 11 is 0. The van der Waals surface area contributed by atoms with Gasteiger partial charge in [0.2, 0.25) is 0 Å². The standard InChI is InChI=1S/C16H23NO2/c1-16(2)14-6-5-11(18-4)9-12(14)13-10-17(3)8-7-15(13)19-16/h5-6,9,13,15H,7-8,10H2,1-4H3/t13-,15-/m1/s1. The van der Waals surface area contributed by atoms with Crippen molar-refractivity contribution < 1.29 is 9.47 Å². The second-order valence-electron chi connectivity index (χ2n) is 6.28. The number of rotatable bonds is 1. The molecule has 0 spiro atoms. The Morgan fingerprint density at radius 3 is 2.89 bits per heavy atom. The number of fused-ring (bicyclic) bond motifs is 3. The molecule has 2 aliphatic rings. The molecule has 0 aromatic heterocycles. The van der Waals surface area contributed by atoms with Crippen LogP contribution in [0.25, 0.3) is 0 Å². The Labute approximate surface area is 115 Å². The van der Waals surface area contributed by atoms with E-state index in [0.29, 0.717) is 12.0 Å². The molecule has 2 atom stereocenters. The minimum atomic E-state index is -0.196. The van der Waals surface area contributed by atoms with Gasteiger partial charge in [-0.3, -0.25) is 0 Å². The maximum atomic E-state index is 6.36.